The molecule has 1 aliphatic carbocycles. The number of aliphatic hydroxyl groups is 1. The van der Waals surface area contributed by atoms with Crippen LogP contribution in [0.25, 0.3) is 0 Å². The van der Waals surface area contributed by atoms with Crippen LogP contribution in [0.2, 0.25) is 0 Å². The third-order valence-corrected chi connectivity index (χ3v) is 5.10. The Balaban J connectivity index is 1.29. The van der Waals surface area contributed by atoms with Gasteiger partial charge < -0.3 is 14.7 Å². The average molecular weight is 304 g/mol. The summed E-state index contributed by atoms with van der Waals surface area (Å²) in [7, 11) is 2.08. The van der Waals surface area contributed by atoms with Gasteiger partial charge in [-0.05, 0) is 32.0 Å². The van der Waals surface area contributed by atoms with Crippen LogP contribution >= 0.6 is 0 Å². The van der Waals surface area contributed by atoms with E-state index in [0.29, 0.717) is 31.7 Å². The number of rotatable bonds is 5. The minimum atomic E-state index is -0.666. The molecule has 1 aromatic heterocycles. The van der Waals surface area contributed by atoms with Gasteiger partial charge in [-0.2, -0.15) is 5.10 Å². The molecule has 22 heavy (non-hydrogen) atoms. The molecule has 1 N–H and O–H groups in total. The van der Waals surface area contributed by atoms with Crippen LogP contribution < -0.4 is 4.90 Å². The number of nitrogens with zero attached hydrogens (tertiary/aromatic N) is 4. The van der Waals surface area contributed by atoms with Crippen LogP contribution in [0.1, 0.15) is 30.9 Å². The molecular weight excluding hydrogens is 280 g/mol. The van der Waals surface area contributed by atoms with Gasteiger partial charge >= 0.3 is 0 Å². The predicted molar refractivity (Wildman–Crippen MR) is 83.0 cm³/mol. The Morgan fingerprint density at radius 2 is 2.18 bits per heavy atom. The molecule has 6 nitrogen and oxygen atoms in total. The van der Waals surface area contributed by atoms with E-state index in [-0.39, 0.29) is 0 Å². The molecule has 6 heteroatoms. The van der Waals surface area contributed by atoms with Crippen molar-refractivity contribution in [2.45, 2.75) is 36.8 Å². The standard InChI is InChI=1S/C16H24N4O2/c1-19(10-16(21)6-7-22-11-16)13-8-20(9-13)15-5-4-14(17-18-15)12-2-3-12/h4-5,12-13,21H,2-3,6-11H2,1H3. The lowest BCUT2D eigenvalue weighted by atomic mass is 10.00. The highest BCUT2D eigenvalue weighted by atomic mass is 16.5. The summed E-state index contributed by atoms with van der Waals surface area (Å²) >= 11 is 0. The van der Waals surface area contributed by atoms with Gasteiger partial charge in [-0.15, -0.1) is 5.10 Å². The minimum Gasteiger partial charge on any atom is -0.386 e. The monoisotopic (exact) mass is 304 g/mol. The maximum atomic E-state index is 10.4. The van der Waals surface area contributed by atoms with Crippen molar-refractivity contribution < 1.29 is 9.84 Å². The largest absolute Gasteiger partial charge is 0.386 e. The second-order valence-corrected chi connectivity index (χ2v) is 7.09. The maximum absolute atomic E-state index is 10.4. The van der Waals surface area contributed by atoms with E-state index in [1.165, 1.54) is 12.8 Å². The summed E-state index contributed by atoms with van der Waals surface area (Å²) in [4.78, 5) is 4.50. The highest BCUT2D eigenvalue weighted by Gasteiger charge is 2.38. The molecule has 0 aromatic carbocycles. The second kappa shape index (κ2) is 5.44. The number of aromatic nitrogens is 2. The number of likely N-dealkylation sites (N-methyl/N-ethyl adjacent to an activating group) is 1. The van der Waals surface area contributed by atoms with E-state index in [2.05, 4.69) is 39.2 Å². The third kappa shape index (κ3) is 2.83. The van der Waals surface area contributed by atoms with Crippen molar-refractivity contribution in [2.75, 3.05) is 44.8 Å². The van der Waals surface area contributed by atoms with Gasteiger partial charge in [-0.25, -0.2) is 0 Å². The molecule has 120 valence electrons. The van der Waals surface area contributed by atoms with Crippen molar-refractivity contribution in [3.05, 3.63) is 17.8 Å². The fraction of sp³-hybridized carbons (Fsp3) is 0.750. The first kappa shape index (κ1) is 14.4. The van der Waals surface area contributed by atoms with Crippen LogP contribution in [0.5, 0.6) is 0 Å². The molecule has 3 heterocycles. The topological polar surface area (TPSA) is 61.7 Å². The predicted octanol–water partition coefficient (Wildman–Crippen LogP) is 0.626. The zero-order valence-corrected chi connectivity index (χ0v) is 13.1. The van der Waals surface area contributed by atoms with Crippen molar-refractivity contribution >= 4 is 5.82 Å². The van der Waals surface area contributed by atoms with Crippen LogP contribution in [-0.4, -0.2) is 71.7 Å². The molecule has 0 amide bonds. The lowest BCUT2D eigenvalue weighted by molar-refractivity contribution is -0.0106. The molecule has 0 spiro atoms. The van der Waals surface area contributed by atoms with Crippen LogP contribution in [-0.2, 0) is 4.74 Å². The molecule has 4 rings (SSSR count). The van der Waals surface area contributed by atoms with Gasteiger partial charge in [0.25, 0.3) is 0 Å². The molecule has 3 fully saturated rings. The van der Waals surface area contributed by atoms with Crippen LogP contribution in [0.3, 0.4) is 0 Å². The lowest BCUT2D eigenvalue weighted by Crippen LogP contribution is -2.61. The Morgan fingerprint density at radius 3 is 2.77 bits per heavy atom. The van der Waals surface area contributed by atoms with Crippen LogP contribution in [0.15, 0.2) is 12.1 Å². The van der Waals surface area contributed by atoms with Gasteiger partial charge in [0.1, 0.15) is 5.60 Å². The first-order chi connectivity index (χ1) is 10.6. The van der Waals surface area contributed by atoms with Gasteiger partial charge in [-0.3, -0.25) is 4.90 Å². The first-order valence-corrected chi connectivity index (χ1v) is 8.22. The van der Waals surface area contributed by atoms with E-state index < -0.39 is 5.60 Å². The molecule has 2 aliphatic heterocycles. The van der Waals surface area contributed by atoms with Crippen LogP contribution in [0.4, 0.5) is 5.82 Å². The summed E-state index contributed by atoms with van der Waals surface area (Å²) in [5.74, 6) is 1.63. The zero-order valence-electron chi connectivity index (χ0n) is 13.1. The molecule has 1 atom stereocenters. The van der Waals surface area contributed by atoms with E-state index in [9.17, 15) is 5.11 Å². The molecule has 0 radical (unpaired) electrons. The second-order valence-electron chi connectivity index (χ2n) is 7.09. The Morgan fingerprint density at radius 1 is 1.36 bits per heavy atom. The normalized spacial score (nSPS) is 29.1. The highest BCUT2D eigenvalue weighted by Crippen LogP contribution is 2.38. The van der Waals surface area contributed by atoms with Gasteiger partial charge in [-0.1, -0.05) is 0 Å². The molecule has 2 saturated heterocycles. The maximum Gasteiger partial charge on any atom is 0.151 e. The van der Waals surface area contributed by atoms with Gasteiger partial charge in [0.2, 0.25) is 0 Å². The smallest absolute Gasteiger partial charge is 0.151 e. The summed E-state index contributed by atoms with van der Waals surface area (Å²) in [6.07, 6.45) is 3.26. The van der Waals surface area contributed by atoms with E-state index in [1.807, 2.05) is 0 Å². The summed E-state index contributed by atoms with van der Waals surface area (Å²) in [6, 6.07) is 4.68. The Bertz CT molecular complexity index is 519. The molecule has 1 saturated carbocycles. The van der Waals surface area contributed by atoms with Crippen molar-refractivity contribution in [2.24, 2.45) is 0 Å². The van der Waals surface area contributed by atoms with Gasteiger partial charge in [0.15, 0.2) is 5.82 Å². The molecule has 1 aromatic rings. The lowest BCUT2D eigenvalue weighted by Gasteiger charge is -2.46. The van der Waals surface area contributed by atoms with E-state index >= 15 is 0 Å². The van der Waals surface area contributed by atoms with Crippen molar-refractivity contribution in [3.8, 4) is 0 Å². The van der Waals surface area contributed by atoms with Gasteiger partial charge in [0, 0.05) is 44.6 Å². The van der Waals surface area contributed by atoms with Crippen molar-refractivity contribution in [1.82, 2.24) is 15.1 Å². The average Bonchev–Trinajstić information content (AvgIpc) is 3.21. The van der Waals surface area contributed by atoms with Crippen LogP contribution in [0, 0.1) is 0 Å². The quantitative estimate of drug-likeness (QED) is 0.861. The Kier molecular flexibility index (Phi) is 3.55. The van der Waals surface area contributed by atoms with Crippen molar-refractivity contribution in [1.29, 1.82) is 0 Å². The highest BCUT2D eigenvalue weighted by molar-refractivity contribution is 5.42. The zero-order chi connectivity index (χ0) is 15.2. The number of ether oxygens (including phenoxy) is 1. The number of anilines is 1. The molecular formula is C16H24N4O2. The summed E-state index contributed by atoms with van der Waals surface area (Å²) < 4.78 is 5.31. The molecule has 1 unspecified atom stereocenters. The molecule has 3 aliphatic rings. The van der Waals surface area contributed by atoms with Gasteiger partial charge in [0.05, 0.1) is 12.3 Å². The SMILES string of the molecule is CN(CC1(O)CCOC1)C1CN(c2ccc(C3CC3)nn2)C1. The Labute approximate surface area is 131 Å². The van der Waals surface area contributed by atoms with E-state index in [1.54, 1.807) is 0 Å². The molecule has 0 bridgehead atoms. The summed E-state index contributed by atoms with van der Waals surface area (Å²) in [6.45, 7) is 3.71. The van der Waals surface area contributed by atoms with E-state index in [4.69, 9.17) is 4.74 Å². The third-order valence-electron chi connectivity index (χ3n) is 5.10. The minimum absolute atomic E-state index is 0.460. The van der Waals surface area contributed by atoms with Crippen molar-refractivity contribution in [3.63, 3.8) is 0 Å². The van der Waals surface area contributed by atoms with E-state index in [0.717, 1.165) is 31.0 Å². The number of hydrogen-bond donors (Lipinski definition) is 1. The fourth-order valence-corrected chi connectivity index (χ4v) is 3.34. The summed E-state index contributed by atoms with van der Waals surface area (Å²) in [5.41, 5.74) is 0.474. The number of hydrogen-bond acceptors (Lipinski definition) is 6. The summed E-state index contributed by atoms with van der Waals surface area (Å²) in [5, 5.41) is 19.1. The fourth-order valence-electron chi connectivity index (χ4n) is 3.34. The first-order valence-electron chi connectivity index (χ1n) is 8.22. The Hall–Kier alpha value is -1.24.